The second-order valence-corrected chi connectivity index (χ2v) is 3.82. The summed E-state index contributed by atoms with van der Waals surface area (Å²) < 4.78 is 11.7. The summed E-state index contributed by atoms with van der Waals surface area (Å²) in [6, 6.07) is 0. The molecule has 0 aliphatic carbocycles. The largest absolute Gasteiger partial charge is 0.462 e. The first-order valence-corrected chi connectivity index (χ1v) is 5.46. The normalized spacial score (nSPS) is 9.88. The Kier molecular flexibility index (Phi) is 4.45. The van der Waals surface area contributed by atoms with Crippen LogP contribution in [0.4, 0.5) is 0 Å². The Morgan fingerprint density at radius 3 is 2.76 bits per heavy atom. The molecule has 0 aliphatic heterocycles. The smallest absolute Gasteiger partial charge is 0.345 e. The molecule has 0 N–H and O–H groups in total. The zero-order valence-electron chi connectivity index (χ0n) is 10.3. The topological polar surface area (TPSA) is 56.6 Å². The minimum absolute atomic E-state index is 0.249. The third kappa shape index (κ3) is 3.16. The Hall–Kier alpha value is -1.63. The summed E-state index contributed by atoms with van der Waals surface area (Å²) in [6.45, 7) is 2.03. The van der Waals surface area contributed by atoms with E-state index in [1.165, 1.54) is 10.9 Å². The summed E-state index contributed by atoms with van der Waals surface area (Å²) in [6.07, 6.45) is 1.39. The maximum absolute atomic E-state index is 11.6. The average molecular weight is 257 g/mol. The lowest BCUT2D eigenvalue weighted by atomic mass is 10.3. The van der Waals surface area contributed by atoms with Crippen LogP contribution in [0.5, 0.6) is 5.88 Å². The molecule has 17 heavy (non-hydrogen) atoms. The highest BCUT2D eigenvalue weighted by Crippen LogP contribution is 2.18. The van der Waals surface area contributed by atoms with E-state index in [1.54, 1.807) is 33.0 Å². The lowest BCUT2D eigenvalue weighted by Gasteiger charge is -2.14. The van der Waals surface area contributed by atoms with E-state index in [1.807, 2.05) is 0 Å². The van der Waals surface area contributed by atoms with E-state index in [4.69, 9.17) is 21.7 Å². The van der Waals surface area contributed by atoms with Crippen LogP contribution in [0.1, 0.15) is 17.3 Å². The van der Waals surface area contributed by atoms with Crippen molar-refractivity contribution in [3.8, 4) is 5.88 Å². The molecule has 0 fully saturated rings. The van der Waals surface area contributed by atoms with Gasteiger partial charge in [-0.2, -0.15) is 5.10 Å². The quantitative estimate of drug-likeness (QED) is 0.590. The Labute approximate surface area is 105 Å². The third-order valence-electron chi connectivity index (χ3n) is 1.93. The molecule has 6 nitrogen and oxygen atoms in total. The zero-order chi connectivity index (χ0) is 13.0. The van der Waals surface area contributed by atoms with Crippen molar-refractivity contribution in [3.63, 3.8) is 0 Å². The highest BCUT2D eigenvalue weighted by atomic mass is 32.1. The van der Waals surface area contributed by atoms with E-state index >= 15 is 0 Å². The molecule has 0 unspecified atom stereocenters. The van der Waals surface area contributed by atoms with Crippen molar-refractivity contribution in [1.29, 1.82) is 0 Å². The van der Waals surface area contributed by atoms with Crippen LogP contribution in [0.15, 0.2) is 6.20 Å². The number of nitrogens with zero attached hydrogens (tertiary/aromatic N) is 3. The van der Waals surface area contributed by atoms with E-state index in [9.17, 15) is 4.79 Å². The van der Waals surface area contributed by atoms with Gasteiger partial charge in [0.2, 0.25) is 5.88 Å². The van der Waals surface area contributed by atoms with E-state index in [0.717, 1.165) is 0 Å². The molecule has 0 saturated heterocycles. The molecular weight excluding hydrogens is 242 g/mol. The van der Waals surface area contributed by atoms with Crippen molar-refractivity contribution in [2.24, 2.45) is 7.05 Å². The average Bonchev–Trinajstić information content (AvgIpc) is 2.61. The molecule has 0 aliphatic rings. The maximum atomic E-state index is 11.6. The Morgan fingerprint density at radius 2 is 2.24 bits per heavy atom. The standard InChI is InChI=1S/C10H15N3O3S/c1-5-15-9(14)7-6-11-13(4)8(7)16-10(17)12(2)3/h6H,5H2,1-4H3. The van der Waals surface area contributed by atoms with Gasteiger partial charge in [-0.05, 0) is 19.1 Å². The predicted octanol–water partition coefficient (Wildman–Crippen LogP) is 0.822. The summed E-state index contributed by atoms with van der Waals surface area (Å²) in [5.41, 5.74) is 0.263. The van der Waals surface area contributed by atoms with Crippen molar-refractivity contribution in [3.05, 3.63) is 11.8 Å². The minimum atomic E-state index is -0.475. The monoisotopic (exact) mass is 257 g/mol. The van der Waals surface area contributed by atoms with Crippen LogP contribution in [-0.4, -0.2) is 46.5 Å². The summed E-state index contributed by atoms with van der Waals surface area (Å²) in [7, 11) is 5.17. The molecule has 0 bridgehead atoms. The van der Waals surface area contributed by atoms with Crippen LogP contribution >= 0.6 is 12.2 Å². The molecule has 7 heteroatoms. The van der Waals surface area contributed by atoms with Gasteiger partial charge in [-0.3, -0.25) is 0 Å². The van der Waals surface area contributed by atoms with E-state index in [0.29, 0.717) is 6.61 Å². The summed E-state index contributed by atoms with van der Waals surface area (Å²) in [5, 5.41) is 4.19. The molecule has 0 radical (unpaired) electrons. The number of carbonyl (C=O) groups excluding carboxylic acids is 1. The van der Waals surface area contributed by atoms with Gasteiger partial charge in [-0.15, -0.1) is 0 Å². The summed E-state index contributed by atoms with van der Waals surface area (Å²) in [5.74, 6) is -0.195. The second-order valence-electron chi connectivity index (χ2n) is 3.47. The Balaban J connectivity index is 2.94. The molecule has 1 heterocycles. The van der Waals surface area contributed by atoms with E-state index in [-0.39, 0.29) is 16.6 Å². The van der Waals surface area contributed by atoms with Gasteiger partial charge < -0.3 is 14.4 Å². The van der Waals surface area contributed by atoms with Gasteiger partial charge in [0.1, 0.15) is 5.56 Å². The molecule has 1 rings (SSSR count). The second kappa shape index (κ2) is 5.62. The molecule has 0 atom stereocenters. The van der Waals surface area contributed by atoms with Gasteiger partial charge in [0.25, 0.3) is 5.17 Å². The number of rotatable bonds is 3. The molecule has 0 saturated carbocycles. The van der Waals surface area contributed by atoms with Crippen molar-refractivity contribution < 1.29 is 14.3 Å². The van der Waals surface area contributed by atoms with Crippen LogP contribution < -0.4 is 4.74 Å². The number of thiocarbonyl (C=S) groups is 1. The van der Waals surface area contributed by atoms with Crippen LogP contribution in [0.25, 0.3) is 0 Å². The van der Waals surface area contributed by atoms with E-state index < -0.39 is 5.97 Å². The van der Waals surface area contributed by atoms with Crippen molar-refractivity contribution in [1.82, 2.24) is 14.7 Å². The number of aromatic nitrogens is 2. The first-order valence-electron chi connectivity index (χ1n) is 5.05. The van der Waals surface area contributed by atoms with Crippen molar-refractivity contribution in [2.45, 2.75) is 6.92 Å². The SMILES string of the molecule is CCOC(=O)c1cnn(C)c1OC(=S)N(C)C. The molecule has 94 valence electrons. The Bertz CT molecular complexity index is 428. The molecular formula is C10H15N3O3S. The highest BCUT2D eigenvalue weighted by molar-refractivity contribution is 7.80. The van der Waals surface area contributed by atoms with Gasteiger partial charge >= 0.3 is 5.97 Å². The summed E-state index contributed by atoms with van der Waals surface area (Å²) in [4.78, 5) is 13.2. The fourth-order valence-corrected chi connectivity index (χ4v) is 1.15. The van der Waals surface area contributed by atoms with Crippen LogP contribution in [0.2, 0.25) is 0 Å². The molecule has 1 aromatic rings. The Morgan fingerprint density at radius 1 is 1.59 bits per heavy atom. The first kappa shape index (κ1) is 13.4. The number of hydrogen-bond donors (Lipinski definition) is 0. The fraction of sp³-hybridized carbons (Fsp3) is 0.500. The highest BCUT2D eigenvalue weighted by Gasteiger charge is 2.20. The maximum Gasteiger partial charge on any atom is 0.345 e. The molecule has 0 aromatic carbocycles. The number of carbonyl (C=O) groups is 1. The van der Waals surface area contributed by atoms with Crippen molar-refractivity contribution >= 4 is 23.4 Å². The number of hydrogen-bond acceptors (Lipinski definition) is 5. The van der Waals surface area contributed by atoms with Gasteiger partial charge in [-0.1, -0.05) is 0 Å². The molecule has 0 spiro atoms. The number of esters is 1. The van der Waals surface area contributed by atoms with Gasteiger partial charge in [0, 0.05) is 21.1 Å². The molecule has 1 aromatic heterocycles. The lowest BCUT2D eigenvalue weighted by molar-refractivity contribution is 0.0523. The lowest BCUT2D eigenvalue weighted by Crippen LogP contribution is -2.26. The first-order chi connectivity index (χ1) is 7.97. The van der Waals surface area contributed by atoms with Gasteiger partial charge in [-0.25, -0.2) is 9.48 Å². The van der Waals surface area contributed by atoms with Crippen molar-refractivity contribution in [2.75, 3.05) is 20.7 Å². The third-order valence-corrected chi connectivity index (χ3v) is 2.38. The van der Waals surface area contributed by atoms with Crippen LogP contribution in [0, 0.1) is 0 Å². The van der Waals surface area contributed by atoms with Gasteiger partial charge in [0.15, 0.2) is 0 Å². The minimum Gasteiger partial charge on any atom is -0.462 e. The van der Waals surface area contributed by atoms with Gasteiger partial charge in [0.05, 0.1) is 12.8 Å². The van der Waals surface area contributed by atoms with E-state index in [2.05, 4.69) is 5.10 Å². The predicted molar refractivity (Wildman–Crippen MR) is 66.1 cm³/mol. The molecule has 0 amide bonds. The fourth-order valence-electron chi connectivity index (χ4n) is 1.07. The van der Waals surface area contributed by atoms with Crippen LogP contribution in [0.3, 0.4) is 0 Å². The zero-order valence-corrected chi connectivity index (χ0v) is 11.1. The summed E-state index contributed by atoms with van der Waals surface area (Å²) >= 11 is 5.01. The number of aryl methyl sites for hydroxylation is 1. The number of ether oxygens (including phenoxy) is 2. The van der Waals surface area contributed by atoms with Crippen LogP contribution in [-0.2, 0) is 11.8 Å².